The Morgan fingerprint density at radius 2 is 1.71 bits per heavy atom. The number of halogens is 3. The molecular weight excluding hydrogens is 912 g/mol. The van der Waals surface area contributed by atoms with Gasteiger partial charge in [-0.3, -0.25) is 23.6 Å². The van der Waals surface area contributed by atoms with Crippen LogP contribution in [0.4, 0.5) is 20.3 Å². The average molecular weight is 977 g/mol. The second-order valence-electron chi connectivity index (χ2n) is 21.6. The number of piperidine rings is 1. The molecule has 6 heterocycles. The highest BCUT2D eigenvalue weighted by atomic mass is 35.5. The van der Waals surface area contributed by atoms with Crippen molar-refractivity contribution in [3.8, 4) is 23.1 Å². The number of amides is 2. The fourth-order valence-electron chi connectivity index (χ4n) is 12.8. The summed E-state index contributed by atoms with van der Waals surface area (Å²) in [5.41, 5.74) is 5.15. The zero-order chi connectivity index (χ0) is 49.2. The Balaban J connectivity index is 0.753. The molecule has 70 heavy (non-hydrogen) atoms. The van der Waals surface area contributed by atoms with Gasteiger partial charge in [0, 0.05) is 117 Å². The summed E-state index contributed by atoms with van der Waals surface area (Å²) in [6.07, 6.45) is 11.0. The number of likely N-dealkylation sites (tertiary alicyclic amines) is 1. The largest absolute Gasteiger partial charge is 0.489 e. The van der Waals surface area contributed by atoms with Crippen LogP contribution in [0.1, 0.15) is 136 Å². The van der Waals surface area contributed by atoms with Crippen molar-refractivity contribution in [1.82, 2.24) is 44.5 Å². The molecule has 10 rings (SSSR count). The summed E-state index contributed by atoms with van der Waals surface area (Å²) in [6, 6.07) is 12.8. The molecule has 5 aromatic rings. The number of nitrogens with zero attached hydrogens (tertiary/aromatic N) is 10. The first-order valence-corrected chi connectivity index (χ1v) is 25.4. The van der Waals surface area contributed by atoms with Crippen molar-refractivity contribution >= 4 is 34.9 Å². The van der Waals surface area contributed by atoms with Crippen LogP contribution in [0.3, 0.4) is 0 Å². The fraction of sp³-hybridized carbons (Fsp3) is 0.547. The van der Waals surface area contributed by atoms with Crippen molar-refractivity contribution in [2.75, 3.05) is 37.6 Å². The number of nitrogens with one attached hydrogen (secondary N) is 1. The molecule has 0 atom stereocenters. The summed E-state index contributed by atoms with van der Waals surface area (Å²) >= 11 is 6.29. The first kappa shape index (κ1) is 47.9. The number of rotatable bonds is 11. The Labute approximate surface area is 413 Å². The van der Waals surface area contributed by atoms with E-state index in [1.165, 1.54) is 0 Å². The fourth-order valence-corrected chi connectivity index (χ4v) is 13.0. The molecule has 0 spiro atoms. The molecule has 2 amide bonds. The number of aryl methyl sites for hydroxylation is 2. The number of benzene rings is 2. The topological polar surface area (TPSA) is 142 Å². The molecule has 0 unspecified atom stereocenters. The maximum atomic E-state index is 14.8. The Hall–Kier alpha value is -5.79. The van der Waals surface area contributed by atoms with Gasteiger partial charge < -0.3 is 24.8 Å². The lowest BCUT2D eigenvalue weighted by Gasteiger charge is -2.63. The Morgan fingerprint density at radius 1 is 0.957 bits per heavy atom. The predicted molar refractivity (Wildman–Crippen MR) is 263 cm³/mol. The normalized spacial score (nSPS) is 23.3. The summed E-state index contributed by atoms with van der Waals surface area (Å²) < 4.78 is 41.8. The molecule has 3 fully saturated rings. The lowest BCUT2D eigenvalue weighted by atomic mass is 9.49. The molecule has 0 radical (unpaired) electrons. The van der Waals surface area contributed by atoms with Gasteiger partial charge in [-0.15, -0.1) is 0 Å². The number of carbonyl (C=O) groups is 2. The smallest absolute Gasteiger partial charge is 0.264 e. The summed E-state index contributed by atoms with van der Waals surface area (Å²) in [7, 11) is 1.79. The van der Waals surface area contributed by atoms with Crippen LogP contribution in [0.2, 0.25) is 5.02 Å². The third-order valence-electron chi connectivity index (χ3n) is 16.3. The molecule has 2 saturated carbocycles. The molecule has 3 aliphatic heterocycles. The van der Waals surface area contributed by atoms with Crippen LogP contribution in [0.5, 0.6) is 5.75 Å². The maximum Gasteiger partial charge on any atom is 0.264 e. The van der Waals surface area contributed by atoms with Gasteiger partial charge in [0.2, 0.25) is 5.91 Å². The zero-order valence-corrected chi connectivity index (χ0v) is 41.9. The lowest BCUT2D eigenvalue weighted by Crippen LogP contribution is -2.74. The van der Waals surface area contributed by atoms with Crippen LogP contribution in [-0.2, 0) is 31.2 Å². The monoisotopic (exact) mass is 975 g/mol. The summed E-state index contributed by atoms with van der Waals surface area (Å²) in [5.74, 6) is 1.85. The summed E-state index contributed by atoms with van der Waals surface area (Å²) in [6.45, 7) is 14.8. The molecule has 370 valence electrons. The minimum atomic E-state index is -2.67. The molecule has 1 saturated heterocycles. The summed E-state index contributed by atoms with van der Waals surface area (Å²) in [4.78, 5) is 33.0. The minimum absolute atomic E-state index is 0.0239. The molecule has 17 heteroatoms. The SMILES string of the molecule is CC(=O)N1CCc2c(c(N3CCCc4cc(-c5ccn(C)n5)c(C(F)F)cc43)nn2C2CCN(CC3CCC(n4cc(C(=O)NC5C(C)(C)C(Oc6ccc(C#N)c(Cl)c6)C5(C)C)cn4)CC3)CC2)C1. The van der Waals surface area contributed by atoms with E-state index in [0.29, 0.717) is 65.1 Å². The van der Waals surface area contributed by atoms with Gasteiger partial charge in [0.05, 0.1) is 46.7 Å². The van der Waals surface area contributed by atoms with E-state index < -0.39 is 6.43 Å². The van der Waals surface area contributed by atoms with E-state index in [0.717, 1.165) is 99.3 Å². The number of hydrogen-bond donors (Lipinski definition) is 1. The van der Waals surface area contributed by atoms with E-state index >= 15 is 0 Å². The van der Waals surface area contributed by atoms with Crippen molar-refractivity contribution in [3.63, 3.8) is 0 Å². The molecule has 3 aromatic heterocycles. The van der Waals surface area contributed by atoms with Gasteiger partial charge in [0.15, 0.2) is 5.82 Å². The minimum Gasteiger partial charge on any atom is -0.489 e. The highest BCUT2D eigenvalue weighted by Gasteiger charge is 2.64. The first-order chi connectivity index (χ1) is 33.5. The maximum absolute atomic E-state index is 14.8. The molecule has 2 aromatic carbocycles. The van der Waals surface area contributed by atoms with Crippen LogP contribution in [-0.4, -0.2) is 95.8 Å². The van der Waals surface area contributed by atoms with Crippen molar-refractivity contribution in [2.45, 2.75) is 130 Å². The van der Waals surface area contributed by atoms with Crippen LogP contribution in [0, 0.1) is 28.1 Å². The number of nitriles is 1. The number of hydrogen-bond acceptors (Lipinski definition) is 9. The van der Waals surface area contributed by atoms with Crippen LogP contribution in [0.25, 0.3) is 11.3 Å². The number of aromatic nitrogens is 6. The number of fused-ring (bicyclic) bond motifs is 2. The highest BCUT2D eigenvalue weighted by molar-refractivity contribution is 6.31. The molecule has 0 bridgehead atoms. The number of ether oxygens (including phenoxy) is 1. The number of alkyl halides is 2. The first-order valence-electron chi connectivity index (χ1n) is 25.0. The quantitative estimate of drug-likeness (QED) is 0.137. The number of carbonyl (C=O) groups excluding carboxylic acids is 2. The van der Waals surface area contributed by atoms with Gasteiger partial charge >= 0.3 is 0 Å². The van der Waals surface area contributed by atoms with E-state index in [1.54, 1.807) is 61.4 Å². The van der Waals surface area contributed by atoms with Gasteiger partial charge in [0.1, 0.15) is 17.9 Å². The van der Waals surface area contributed by atoms with Crippen molar-refractivity contribution in [1.29, 1.82) is 5.26 Å². The predicted octanol–water partition coefficient (Wildman–Crippen LogP) is 9.61. The molecular formula is C53H64ClF2N11O3. The van der Waals surface area contributed by atoms with E-state index in [-0.39, 0.29) is 52.4 Å². The molecule has 2 aliphatic carbocycles. The molecule has 1 N–H and O–H groups in total. The van der Waals surface area contributed by atoms with E-state index in [9.17, 15) is 23.6 Å². The Bertz CT molecular complexity index is 2810. The van der Waals surface area contributed by atoms with Crippen molar-refractivity contribution in [3.05, 3.63) is 93.5 Å². The van der Waals surface area contributed by atoms with Gasteiger partial charge in [-0.25, -0.2) is 8.78 Å². The van der Waals surface area contributed by atoms with E-state index in [2.05, 4.69) is 63.8 Å². The standard InChI is InChI=1S/C53H64ClF2N11O3/c1-32(68)64-23-18-45-42(31-64)48(65-19-7-8-34-24-40(44-17-20-62(6)60-44)41(47(55)56)26-46(34)65)61-67(45)38-15-21-63(22-16-38)29-33-9-12-37(13-10-33)66-30-36(28-58-66)49(69)59-50-52(2,3)51(53(50,4)5)70-39-14-11-35(27-57)43(54)25-39/h11,14,17,20,24-26,28,30,33,37-38,47,50-51H,7-10,12-13,15-16,18-19,21-23,29,31H2,1-6H3,(H,59,69). The van der Waals surface area contributed by atoms with Gasteiger partial charge in [-0.2, -0.15) is 20.6 Å². The molecule has 5 aliphatic rings. The number of anilines is 2. The van der Waals surface area contributed by atoms with Crippen molar-refractivity contribution < 1.29 is 23.1 Å². The average Bonchev–Trinajstić information content (AvgIpc) is 4.11. The van der Waals surface area contributed by atoms with Gasteiger partial charge in [0.25, 0.3) is 12.3 Å². The lowest BCUT2D eigenvalue weighted by molar-refractivity contribution is -0.164. The van der Waals surface area contributed by atoms with Crippen molar-refractivity contribution in [2.24, 2.45) is 23.8 Å². The summed E-state index contributed by atoms with van der Waals surface area (Å²) in [5, 5.41) is 27.4. The molecule has 14 nitrogen and oxygen atoms in total. The van der Waals surface area contributed by atoms with Crippen LogP contribution < -0.4 is 15.0 Å². The second kappa shape index (κ2) is 18.8. The van der Waals surface area contributed by atoms with E-state index in [1.807, 2.05) is 21.8 Å². The third kappa shape index (κ3) is 8.86. The van der Waals surface area contributed by atoms with Gasteiger partial charge in [-0.05, 0) is 93.2 Å². The van der Waals surface area contributed by atoms with Crippen LogP contribution in [0.15, 0.2) is 55.0 Å². The third-order valence-corrected chi connectivity index (χ3v) is 16.6. The van der Waals surface area contributed by atoms with E-state index in [4.69, 9.17) is 21.4 Å². The zero-order valence-electron chi connectivity index (χ0n) is 41.1. The van der Waals surface area contributed by atoms with Crippen LogP contribution >= 0.6 is 11.6 Å². The Morgan fingerprint density at radius 3 is 2.39 bits per heavy atom. The Kier molecular flexibility index (Phi) is 12.8. The van der Waals surface area contributed by atoms with Gasteiger partial charge in [-0.1, -0.05) is 39.3 Å². The highest BCUT2D eigenvalue weighted by Crippen LogP contribution is 2.56. The second-order valence-corrected chi connectivity index (χ2v) is 22.0.